The van der Waals surface area contributed by atoms with Crippen molar-refractivity contribution in [2.45, 2.75) is 19.9 Å². The van der Waals surface area contributed by atoms with Crippen LogP contribution in [0.3, 0.4) is 0 Å². The van der Waals surface area contributed by atoms with Crippen LogP contribution in [0.15, 0.2) is 48.5 Å². The molecule has 1 N–H and O–H groups in total. The number of nitro groups is 1. The summed E-state index contributed by atoms with van der Waals surface area (Å²) >= 11 is 0. The van der Waals surface area contributed by atoms with E-state index in [9.17, 15) is 14.9 Å². The largest absolute Gasteiger partial charge is 0.320 e. The molecule has 1 fully saturated rings. The van der Waals surface area contributed by atoms with Crippen LogP contribution < -0.4 is 5.32 Å². The zero-order valence-corrected chi connectivity index (χ0v) is 16.1. The van der Waals surface area contributed by atoms with Gasteiger partial charge in [0.2, 0.25) is 5.91 Å². The Hall–Kier alpha value is -2.77. The first-order valence-electron chi connectivity index (χ1n) is 9.55. The van der Waals surface area contributed by atoms with Crippen LogP contribution in [0.25, 0.3) is 0 Å². The van der Waals surface area contributed by atoms with Crippen molar-refractivity contribution in [3.8, 4) is 0 Å². The molecule has 1 heterocycles. The number of aryl methyl sites for hydroxylation is 1. The SMILES string of the molecule is Cc1ccccc1CN1CCN(CCC(=O)Nc2ccccc2[N+](=O)[O-])CC1. The maximum Gasteiger partial charge on any atom is 0.292 e. The molecule has 7 heteroatoms. The van der Waals surface area contributed by atoms with Crippen LogP contribution in [-0.4, -0.2) is 53.4 Å². The van der Waals surface area contributed by atoms with Gasteiger partial charge in [0.15, 0.2) is 0 Å². The number of amides is 1. The van der Waals surface area contributed by atoms with Crippen LogP contribution in [0.2, 0.25) is 0 Å². The van der Waals surface area contributed by atoms with Gasteiger partial charge in [0.1, 0.15) is 5.69 Å². The Morgan fingerprint density at radius 1 is 1.04 bits per heavy atom. The summed E-state index contributed by atoms with van der Waals surface area (Å²) in [5, 5.41) is 13.7. The average Bonchev–Trinajstić information content (AvgIpc) is 2.69. The molecule has 1 aliphatic heterocycles. The van der Waals surface area contributed by atoms with E-state index >= 15 is 0 Å². The van der Waals surface area contributed by atoms with E-state index in [0.29, 0.717) is 13.0 Å². The fourth-order valence-electron chi connectivity index (χ4n) is 3.41. The van der Waals surface area contributed by atoms with Crippen molar-refractivity contribution in [3.63, 3.8) is 0 Å². The molecule has 0 spiro atoms. The van der Waals surface area contributed by atoms with Gasteiger partial charge in [0.05, 0.1) is 4.92 Å². The lowest BCUT2D eigenvalue weighted by molar-refractivity contribution is -0.383. The number of nitro benzene ring substituents is 1. The topological polar surface area (TPSA) is 78.7 Å². The van der Waals surface area contributed by atoms with Gasteiger partial charge in [0, 0.05) is 51.8 Å². The summed E-state index contributed by atoms with van der Waals surface area (Å²) in [7, 11) is 0. The van der Waals surface area contributed by atoms with Gasteiger partial charge in [-0.3, -0.25) is 19.8 Å². The van der Waals surface area contributed by atoms with Gasteiger partial charge in [0.25, 0.3) is 5.69 Å². The van der Waals surface area contributed by atoms with E-state index in [1.807, 2.05) is 0 Å². The Morgan fingerprint density at radius 2 is 1.68 bits per heavy atom. The molecule has 3 rings (SSSR count). The molecule has 0 aromatic heterocycles. The maximum atomic E-state index is 12.2. The minimum atomic E-state index is -0.483. The third-order valence-corrected chi connectivity index (χ3v) is 5.15. The Balaban J connectivity index is 1.42. The Bertz CT molecular complexity index is 832. The number of nitrogens with zero attached hydrogens (tertiary/aromatic N) is 3. The first kappa shape index (κ1) is 20.0. The number of hydrogen-bond donors (Lipinski definition) is 1. The average molecular weight is 382 g/mol. The van der Waals surface area contributed by atoms with E-state index < -0.39 is 4.92 Å². The van der Waals surface area contributed by atoms with E-state index in [1.165, 1.54) is 17.2 Å². The van der Waals surface area contributed by atoms with Crippen molar-refractivity contribution in [1.82, 2.24) is 9.80 Å². The summed E-state index contributed by atoms with van der Waals surface area (Å²) in [4.78, 5) is 27.5. The van der Waals surface area contributed by atoms with Crippen LogP contribution in [-0.2, 0) is 11.3 Å². The smallest absolute Gasteiger partial charge is 0.292 e. The van der Waals surface area contributed by atoms with Crippen LogP contribution in [0.4, 0.5) is 11.4 Å². The molecule has 1 aliphatic rings. The molecule has 0 unspecified atom stereocenters. The first-order valence-corrected chi connectivity index (χ1v) is 9.55. The second kappa shape index (κ2) is 9.43. The molecule has 1 amide bonds. The summed E-state index contributed by atoms with van der Waals surface area (Å²) < 4.78 is 0. The monoisotopic (exact) mass is 382 g/mol. The highest BCUT2D eigenvalue weighted by Gasteiger charge is 2.19. The fourth-order valence-corrected chi connectivity index (χ4v) is 3.41. The molecule has 28 heavy (non-hydrogen) atoms. The number of para-hydroxylation sites is 2. The number of nitrogens with one attached hydrogen (secondary N) is 1. The third-order valence-electron chi connectivity index (χ3n) is 5.15. The Labute approximate surface area is 165 Å². The minimum Gasteiger partial charge on any atom is -0.320 e. The lowest BCUT2D eigenvalue weighted by Crippen LogP contribution is -2.46. The van der Waals surface area contributed by atoms with E-state index in [1.54, 1.807) is 18.2 Å². The highest BCUT2D eigenvalue weighted by atomic mass is 16.6. The summed E-state index contributed by atoms with van der Waals surface area (Å²) in [6.07, 6.45) is 0.323. The van der Waals surface area contributed by atoms with Crippen LogP contribution in [0.1, 0.15) is 17.5 Å². The normalized spacial score (nSPS) is 15.3. The summed E-state index contributed by atoms with van der Waals surface area (Å²) in [5.74, 6) is -0.198. The molecular weight excluding hydrogens is 356 g/mol. The number of carbonyl (C=O) groups excluding carboxylic acids is 1. The van der Waals surface area contributed by atoms with Crippen LogP contribution >= 0.6 is 0 Å². The van der Waals surface area contributed by atoms with Crippen LogP contribution in [0, 0.1) is 17.0 Å². The molecule has 0 saturated carbocycles. The number of benzene rings is 2. The molecule has 7 nitrogen and oxygen atoms in total. The zero-order valence-electron chi connectivity index (χ0n) is 16.1. The highest BCUT2D eigenvalue weighted by molar-refractivity contribution is 5.93. The third kappa shape index (κ3) is 5.37. The van der Waals surface area contributed by atoms with Crippen molar-refractivity contribution in [2.75, 3.05) is 38.0 Å². The predicted molar refractivity (Wildman–Crippen MR) is 109 cm³/mol. The van der Waals surface area contributed by atoms with E-state index in [4.69, 9.17) is 0 Å². The molecular formula is C21H26N4O3. The number of piperazine rings is 1. The van der Waals surface area contributed by atoms with Crippen molar-refractivity contribution in [1.29, 1.82) is 0 Å². The maximum absolute atomic E-state index is 12.2. The second-order valence-corrected chi connectivity index (χ2v) is 7.12. The number of carbonyl (C=O) groups is 1. The van der Waals surface area contributed by atoms with Gasteiger partial charge in [-0.15, -0.1) is 0 Å². The molecule has 2 aromatic carbocycles. The van der Waals surface area contributed by atoms with E-state index in [2.05, 4.69) is 46.3 Å². The fraction of sp³-hybridized carbons (Fsp3) is 0.381. The molecule has 1 saturated heterocycles. The van der Waals surface area contributed by atoms with Gasteiger partial charge in [-0.05, 0) is 24.1 Å². The van der Waals surface area contributed by atoms with Gasteiger partial charge in [-0.25, -0.2) is 0 Å². The van der Waals surface area contributed by atoms with Crippen LogP contribution in [0.5, 0.6) is 0 Å². The molecule has 2 aromatic rings. The van der Waals surface area contributed by atoms with Gasteiger partial charge in [-0.1, -0.05) is 36.4 Å². The van der Waals surface area contributed by atoms with Gasteiger partial charge < -0.3 is 10.2 Å². The number of rotatable bonds is 7. The van der Waals surface area contributed by atoms with Crippen molar-refractivity contribution < 1.29 is 9.72 Å². The molecule has 0 radical (unpaired) electrons. The molecule has 0 atom stereocenters. The Morgan fingerprint density at radius 3 is 2.39 bits per heavy atom. The summed E-state index contributed by atoms with van der Waals surface area (Å²) in [5.41, 5.74) is 2.85. The van der Waals surface area contributed by atoms with Crippen molar-refractivity contribution in [2.24, 2.45) is 0 Å². The van der Waals surface area contributed by atoms with Crippen molar-refractivity contribution >= 4 is 17.3 Å². The molecule has 0 aliphatic carbocycles. The van der Waals surface area contributed by atoms with Gasteiger partial charge >= 0.3 is 0 Å². The highest BCUT2D eigenvalue weighted by Crippen LogP contribution is 2.23. The predicted octanol–water partition coefficient (Wildman–Crippen LogP) is 3.05. The van der Waals surface area contributed by atoms with Gasteiger partial charge in [-0.2, -0.15) is 0 Å². The second-order valence-electron chi connectivity index (χ2n) is 7.12. The number of anilines is 1. The van der Waals surface area contributed by atoms with E-state index in [0.717, 1.165) is 32.7 Å². The standard InChI is InChI=1S/C21H26N4O3/c1-17-6-2-3-7-18(17)16-24-14-12-23(13-15-24)11-10-21(26)22-19-8-4-5-9-20(19)25(27)28/h2-9H,10-16H2,1H3,(H,22,26). The van der Waals surface area contributed by atoms with E-state index in [-0.39, 0.29) is 17.3 Å². The summed E-state index contributed by atoms with van der Waals surface area (Å²) in [6.45, 7) is 7.54. The molecule has 0 bridgehead atoms. The first-order chi connectivity index (χ1) is 13.5. The minimum absolute atomic E-state index is 0.0827. The number of hydrogen-bond acceptors (Lipinski definition) is 5. The Kier molecular flexibility index (Phi) is 6.73. The lowest BCUT2D eigenvalue weighted by Gasteiger charge is -2.34. The lowest BCUT2D eigenvalue weighted by atomic mass is 10.1. The quantitative estimate of drug-likeness (QED) is 0.588. The van der Waals surface area contributed by atoms with Crippen molar-refractivity contribution in [3.05, 3.63) is 69.8 Å². The molecule has 148 valence electrons. The zero-order chi connectivity index (χ0) is 19.9. The summed E-state index contributed by atoms with van der Waals surface area (Å²) in [6, 6.07) is 14.7.